The van der Waals surface area contributed by atoms with E-state index < -0.39 is 23.8 Å². The van der Waals surface area contributed by atoms with Crippen molar-refractivity contribution in [2.45, 2.75) is 79.1 Å². The van der Waals surface area contributed by atoms with E-state index in [-0.39, 0.29) is 70.2 Å². The molecule has 0 amide bonds. The maximum atomic E-state index is 10.1. The molecule has 120 valence electrons. The number of carbonyl (C=O) groups excluding carboxylic acids is 2. The molecule has 0 saturated carbocycles. The Labute approximate surface area is 190 Å². The van der Waals surface area contributed by atoms with Gasteiger partial charge >= 0.3 is 70.2 Å². The van der Waals surface area contributed by atoms with E-state index in [4.69, 9.17) is 0 Å². The van der Waals surface area contributed by atoms with Gasteiger partial charge in [0, 0.05) is 5.92 Å². The number of rotatable bonds is 10. The van der Waals surface area contributed by atoms with Crippen LogP contribution in [0.15, 0.2) is 0 Å². The summed E-state index contributed by atoms with van der Waals surface area (Å²) in [6.45, 7) is 7.50. The van der Waals surface area contributed by atoms with Crippen LogP contribution < -0.4 is 80.5 Å². The number of carboxylic acid groups (broad SMARTS) is 2. The Hall–Kier alpha value is 1.17. The third-order valence-corrected chi connectivity index (χ3v) is 3.13. The van der Waals surface area contributed by atoms with Crippen LogP contribution in [0.5, 0.6) is 0 Å². The van der Waals surface area contributed by atoms with Crippen LogP contribution in [-0.4, -0.2) is 11.9 Å². The van der Waals surface area contributed by atoms with Gasteiger partial charge in [-0.15, -0.1) is 0 Å². The van der Waals surface area contributed by atoms with Gasteiger partial charge in [0.15, 0.2) is 0 Å². The van der Waals surface area contributed by atoms with Gasteiger partial charge in [-0.3, -0.25) is 0 Å². The maximum Gasteiger partial charge on any atom is 1.00 e. The number of hydrogen-bond donors (Lipinski definition) is 0. The van der Waals surface area contributed by atoms with Crippen LogP contribution in [0.3, 0.4) is 0 Å². The SMILES string of the molecule is CC(C)C(C(=O)[O-])C(=O)[O-].CCCCCCCCCC.[K+].[Li+]. The number of hydrogen-bond acceptors (Lipinski definition) is 4. The van der Waals surface area contributed by atoms with Crippen molar-refractivity contribution in [2.24, 2.45) is 11.8 Å². The molecule has 0 fully saturated rings. The van der Waals surface area contributed by atoms with Gasteiger partial charge in [-0.05, 0) is 5.92 Å². The van der Waals surface area contributed by atoms with Crippen molar-refractivity contribution >= 4 is 11.9 Å². The summed E-state index contributed by atoms with van der Waals surface area (Å²) in [7, 11) is 0. The van der Waals surface area contributed by atoms with E-state index in [2.05, 4.69) is 13.8 Å². The van der Waals surface area contributed by atoms with Crippen LogP contribution >= 0.6 is 0 Å². The van der Waals surface area contributed by atoms with Crippen LogP contribution in [0.4, 0.5) is 0 Å². The number of unbranched alkanes of at least 4 members (excludes halogenated alkanes) is 7. The van der Waals surface area contributed by atoms with E-state index in [1.165, 1.54) is 65.2 Å². The van der Waals surface area contributed by atoms with Gasteiger partial charge in [0.1, 0.15) is 0 Å². The zero-order chi connectivity index (χ0) is 16.0. The molecule has 0 rings (SSSR count). The molecular formula is C16H30KLiO4. The third kappa shape index (κ3) is 21.2. The molecule has 0 aromatic heterocycles. The Morgan fingerprint density at radius 3 is 1.18 bits per heavy atom. The smallest absolute Gasteiger partial charge is 0.549 e. The predicted octanol–water partition coefficient (Wildman–Crippen LogP) is -4.09. The van der Waals surface area contributed by atoms with Crippen molar-refractivity contribution in [3.05, 3.63) is 0 Å². The zero-order valence-electron chi connectivity index (χ0n) is 15.4. The molecule has 0 aromatic carbocycles. The normalized spacial score (nSPS) is 9.36. The third-order valence-electron chi connectivity index (χ3n) is 3.13. The Kier molecular flexibility index (Phi) is 31.2. The van der Waals surface area contributed by atoms with E-state index in [1.807, 2.05) is 0 Å². The fourth-order valence-electron chi connectivity index (χ4n) is 1.85. The van der Waals surface area contributed by atoms with Gasteiger partial charge in [-0.1, -0.05) is 79.1 Å². The van der Waals surface area contributed by atoms with Gasteiger partial charge < -0.3 is 19.8 Å². The summed E-state index contributed by atoms with van der Waals surface area (Å²) in [5.74, 6) is -5.17. The summed E-state index contributed by atoms with van der Waals surface area (Å²) in [5.41, 5.74) is 0. The number of carboxylic acids is 2. The number of aliphatic carboxylic acids is 2. The molecule has 0 aliphatic carbocycles. The largest absolute Gasteiger partial charge is 1.00 e. The minimum absolute atomic E-state index is 0. The van der Waals surface area contributed by atoms with Gasteiger partial charge in [0.05, 0.1) is 11.9 Å². The summed E-state index contributed by atoms with van der Waals surface area (Å²) >= 11 is 0. The predicted molar refractivity (Wildman–Crippen MR) is 76.6 cm³/mol. The second-order valence-electron chi connectivity index (χ2n) is 5.48. The summed E-state index contributed by atoms with van der Waals surface area (Å²) in [6.07, 6.45) is 11.5. The van der Waals surface area contributed by atoms with Gasteiger partial charge in [0.25, 0.3) is 0 Å². The Morgan fingerprint density at radius 1 is 0.773 bits per heavy atom. The molecule has 0 aromatic rings. The average molecular weight is 332 g/mol. The van der Waals surface area contributed by atoms with E-state index in [0.717, 1.165) is 0 Å². The monoisotopic (exact) mass is 332 g/mol. The van der Waals surface area contributed by atoms with Crippen molar-refractivity contribution in [3.63, 3.8) is 0 Å². The fourth-order valence-corrected chi connectivity index (χ4v) is 1.85. The maximum absolute atomic E-state index is 10.1. The van der Waals surface area contributed by atoms with E-state index in [1.54, 1.807) is 0 Å². The quantitative estimate of drug-likeness (QED) is 0.231. The van der Waals surface area contributed by atoms with Crippen molar-refractivity contribution in [1.82, 2.24) is 0 Å². The molecule has 0 N–H and O–H groups in total. The minimum Gasteiger partial charge on any atom is -0.549 e. The molecule has 6 heteroatoms. The summed E-state index contributed by atoms with van der Waals surface area (Å²) in [6, 6.07) is 0. The Balaban J connectivity index is -0.000000135. The molecule has 0 aliphatic heterocycles. The molecule has 0 radical (unpaired) electrons. The molecule has 4 nitrogen and oxygen atoms in total. The molecule has 0 heterocycles. The van der Waals surface area contributed by atoms with Gasteiger partial charge in [-0.25, -0.2) is 0 Å². The van der Waals surface area contributed by atoms with E-state index in [0.29, 0.717) is 0 Å². The van der Waals surface area contributed by atoms with Crippen LogP contribution in [0.1, 0.15) is 79.1 Å². The van der Waals surface area contributed by atoms with Gasteiger partial charge in [-0.2, -0.15) is 0 Å². The molecule has 0 bridgehead atoms. The Morgan fingerprint density at radius 2 is 1.05 bits per heavy atom. The topological polar surface area (TPSA) is 80.3 Å². The van der Waals surface area contributed by atoms with Crippen molar-refractivity contribution in [3.8, 4) is 0 Å². The second-order valence-corrected chi connectivity index (χ2v) is 5.48. The number of carbonyl (C=O) groups is 2. The second kappa shape index (κ2) is 22.2. The fraction of sp³-hybridized carbons (Fsp3) is 0.875. The summed E-state index contributed by atoms with van der Waals surface area (Å²) < 4.78 is 0. The first-order valence-electron chi connectivity index (χ1n) is 7.80. The molecule has 0 spiro atoms. The average Bonchev–Trinajstić information content (AvgIpc) is 2.33. The first-order chi connectivity index (χ1) is 9.38. The molecule has 0 saturated heterocycles. The van der Waals surface area contributed by atoms with Gasteiger partial charge in [0.2, 0.25) is 0 Å². The van der Waals surface area contributed by atoms with Crippen LogP contribution in [0.25, 0.3) is 0 Å². The molecule has 0 aliphatic rings. The van der Waals surface area contributed by atoms with Crippen LogP contribution in [0, 0.1) is 11.8 Å². The molecule has 0 atom stereocenters. The molecule has 22 heavy (non-hydrogen) atoms. The zero-order valence-corrected chi connectivity index (χ0v) is 18.6. The van der Waals surface area contributed by atoms with Crippen molar-refractivity contribution < 1.29 is 90.0 Å². The first kappa shape index (κ1) is 31.0. The summed E-state index contributed by atoms with van der Waals surface area (Å²) in [4.78, 5) is 20.1. The molecule has 0 unspecified atom stereocenters. The van der Waals surface area contributed by atoms with Crippen LogP contribution in [0.2, 0.25) is 0 Å². The minimum atomic E-state index is -1.59. The van der Waals surface area contributed by atoms with Crippen molar-refractivity contribution in [2.75, 3.05) is 0 Å². The van der Waals surface area contributed by atoms with Crippen LogP contribution in [-0.2, 0) is 9.59 Å². The van der Waals surface area contributed by atoms with E-state index in [9.17, 15) is 19.8 Å². The van der Waals surface area contributed by atoms with Crippen molar-refractivity contribution in [1.29, 1.82) is 0 Å². The Bertz CT molecular complexity index is 239. The standard InChI is InChI=1S/C10H22.C6H10O4.K.Li/c1-3-5-7-9-10-8-6-4-2;1-3(2)4(5(7)8)6(9)10;;/h3-10H2,1-2H3;3-4H,1-2H3,(H,7,8)(H,9,10);;/q;;2*+1/p-2. The summed E-state index contributed by atoms with van der Waals surface area (Å²) in [5, 5.41) is 20.1. The first-order valence-corrected chi connectivity index (χ1v) is 7.80. The molecular weight excluding hydrogens is 302 g/mol. The van der Waals surface area contributed by atoms with E-state index >= 15 is 0 Å².